The maximum atomic E-state index is 13.8. The number of hydrogen-bond donors (Lipinski definition) is 3. The lowest BCUT2D eigenvalue weighted by molar-refractivity contribution is -0.135. The number of imidazole rings is 2. The van der Waals surface area contributed by atoms with Crippen molar-refractivity contribution in [2.45, 2.75) is 90.4 Å². The van der Waals surface area contributed by atoms with Gasteiger partial charge in [-0.05, 0) is 98.5 Å². The Morgan fingerprint density at radius 3 is 2.23 bits per heavy atom. The minimum Gasteiger partial charge on any atom is -0.453 e. The van der Waals surface area contributed by atoms with E-state index in [0.29, 0.717) is 13.1 Å². The van der Waals surface area contributed by atoms with Crippen LogP contribution in [0.5, 0.6) is 0 Å². The number of methoxy groups -OCH3 is 1. The second-order valence-electron chi connectivity index (χ2n) is 15.3. The van der Waals surface area contributed by atoms with Gasteiger partial charge in [0.1, 0.15) is 23.3 Å². The highest BCUT2D eigenvalue weighted by Gasteiger charge is 2.38. The molecule has 12 heteroatoms. The summed E-state index contributed by atoms with van der Waals surface area (Å²) >= 11 is 0. The molecule has 2 fully saturated rings. The Kier molecular flexibility index (Phi) is 9.89. The first kappa shape index (κ1) is 36.0. The molecule has 12 nitrogen and oxygen atoms in total. The first-order chi connectivity index (χ1) is 25.4. The number of fused-ring (bicyclic) bond motifs is 2. The molecule has 2 aliphatic heterocycles. The SMILES string of the molecule is CC[C@H](C)[C@H](NC(=O)OC)C(=O)N1CCC[C@H]1c1nc2ccc(-c3ccc4cc(-c5cnc([C@@H]6CCCN6C(=O)OC(C)(C)C)[nH]5)ccc4c3)cc2[nH]1. The summed E-state index contributed by atoms with van der Waals surface area (Å²) in [7, 11) is 1.31. The number of alkyl carbamates (subject to hydrolysis) is 1. The van der Waals surface area contributed by atoms with Gasteiger partial charge in [-0.25, -0.2) is 19.6 Å². The van der Waals surface area contributed by atoms with E-state index in [1.807, 2.05) is 51.8 Å². The molecule has 0 spiro atoms. The highest BCUT2D eigenvalue weighted by Crippen LogP contribution is 2.36. The Bertz CT molecular complexity index is 2150. The summed E-state index contributed by atoms with van der Waals surface area (Å²) in [6, 6.07) is 18.0. The lowest BCUT2D eigenvalue weighted by Crippen LogP contribution is -2.51. The molecule has 0 saturated carbocycles. The Balaban J connectivity index is 1.08. The monoisotopic (exact) mass is 719 g/mol. The summed E-state index contributed by atoms with van der Waals surface area (Å²) in [6.07, 6.45) is 5.07. The lowest BCUT2D eigenvalue weighted by atomic mass is 9.97. The van der Waals surface area contributed by atoms with Gasteiger partial charge in [0.15, 0.2) is 0 Å². The minimum absolute atomic E-state index is 0.0479. The number of rotatable bonds is 8. The number of carbonyl (C=O) groups excluding carboxylic acids is 3. The quantitative estimate of drug-likeness (QED) is 0.146. The Labute approximate surface area is 309 Å². The van der Waals surface area contributed by atoms with E-state index in [2.05, 4.69) is 68.8 Å². The van der Waals surface area contributed by atoms with E-state index in [4.69, 9.17) is 14.5 Å². The minimum atomic E-state index is -0.668. The third-order valence-electron chi connectivity index (χ3n) is 10.6. The van der Waals surface area contributed by atoms with Gasteiger partial charge >= 0.3 is 12.2 Å². The molecule has 4 heterocycles. The average Bonchev–Trinajstić information content (AvgIpc) is 3.97. The molecule has 3 N–H and O–H groups in total. The molecule has 53 heavy (non-hydrogen) atoms. The lowest BCUT2D eigenvalue weighted by Gasteiger charge is -2.30. The van der Waals surface area contributed by atoms with Crippen LogP contribution in [0.4, 0.5) is 9.59 Å². The maximum absolute atomic E-state index is 13.8. The van der Waals surface area contributed by atoms with Gasteiger partial charge in [0, 0.05) is 18.7 Å². The number of ether oxygens (including phenoxy) is 2. The van der Waals surface area contributed by atoms with E-state index in [1.54, 1.807) is 4.90 Å². The fourth-order valence-corrected chi connectivity index (χ4v) is 7.56. The molecule has 278 valence electrons. The molecule has 0 aliphatic carbocycles. The molecule has 2 aliphatic rings. The van der Waals surface area contributed by atoms with Crippen molar-refractivity contribution < 1.29 is 23.9 Å². The second-order valence-corrected chi connectivity index (χ2v) is 15.3. The smallest absolute Gasteiger partial charge is 0.410 e. The number of carbonyl (C=O) groups is 3. The first-order valence-electron chi connectivity index (χ1n) is 18.7. The summed E-state index contributed by atoms with van der Waals surface area (Å²) in [4.78, 5) is 58.9. The van der Waals surface area contributed by atoms with Crippen LogP contribution in [0, 0.1) is 5.92 Å². The zero-order chi connectivity index (χ0) is 37.4. The van der Waals surface area contributed by atoms with Crippen molar-refractivity contribution in [2.75, 3.05) is 20.2 Å². The average molecular weight is 720 g/mol. The third-order valence-corrected chi connectivity index (χ3v) is 10.6. The van der Waals surface area contributed by atoms with E-state index in [1.165, 1.54) is 7.11 Å². The van der Waals surface area contributed by atoms with E-state index in [0.717, 1.165) is 87.9 Å². The van der Waals surface area contributed by atoms with Crippen molar-refractivity contribution in [1.82, 2.24) is 35.1 Å². The van der Waals surface area contributed by atoms with Crippen LogP contribution in [0.15, 0.2) is 60.8 Å². The van der Waals surface area contributed by atoms with Crippen molar-refractivity contribution >= 4 is 39.9 Å². The van der Waals surface area contributed by atoms with Crippen LogP contribution < -0.4 is 5.32 Å². The molecule has 0 unspecified atom stereocenters. The van der Waals surface area contributed by atoms with Crippen LogP contribution in [-0.4, -0.2) is 79.7 Å². The number of nitrogens with zero attached hydrogens (tertiary/aromatic N) is 4. The maximum Gasteiger partial charge on any atom is 0.410 e. The van der Waals surface area contributed by atoms with Crippen LogP contribution in [0.3, 0.4) is 0 Å². The summed E-state index contributed by atoms with van der Waals surface area (Å²) in [6.45, 7) is 10.9. The molecule has 0 bridgehead atoms. The van der Waals surface area contributed by atoms with Gasteiger partial charge in [0.2, 0.25) is 5.91 Å². The van der Waals surface area contributed by atoms with Crippen LogP contribution >= 0.6 is 0 Å². The van der Waals surface area contributed by atoms with Crippen LogP contribution in [0.2, 0.25) is 0 Å². The van der Waals surface area contributed by atoms with E-state index < -0.39 is 17.7 Å². The molecular formula is C41H49N7O5. The van der Waals surface area contributed by atoms with Crippen molar-refractivity contribution in [3.8, 4) is 22.4 Å². The molecule has 2 saturated heterocycles. The van der Waals surface area contributed by atoms with Gasteiger partial charge in [-0.2, -0.15) is 0 Å². The molecule has 0 radical (unpaired) electrons. The number of benzene rings is 3. The number of nitrogens with one attached hydrogen (secondary N) is 3. The largest absolute Gasteiger partial charge is 0.453 e. The van der Waals surface area contributed by atoms with Gasteiger partial charge < -0.3 is 29.7 Å². The van der Waals surface area contributed by atoms with Crippen molar-refractivity contribution in [1.29, 1.82) is 0 Å². The Morgan fingerprint density at radius 1 is 0.887 bits per heavy atom. The fourth-order valence-electron chi connectivity index (χ4n) is 7.56. The molecule has 2 aromatic heterocycles. The predicted molar refractivity (Wildman–Crippen MR) is 204 cm³/mol. The standard InChI is InChI=1S/C41H49N7O5/c1-7-24(2)35(46-39(50)52-6)38(49)47-18-8-11-34(47)37-43-30-17-16-28(22-31(30)44-37)26-12-13-27-21-29(15-14-25(27)20-26)32-23-42-36(45-32)33-10-9-19-48(33)40(51)53-41(3,4)5/h12-17,20-24,33-35H,7-11,18-19H2,1-6H3,(H,42,45)(H,43,44)(H,46,50)/t24-,33-,34-,35-/m0/s1. The number of hydrogen-bond acceptors (Lipinski definition) is 7. The van der Waals surface area contributed by atoms with Crippen LogP contribution in [-0.2, 0) is 14.3 Å². The zero-order valence-corrected chi connectivity index (χ0v) is 31.4. The molecule has 7 rings (SSSR count). The van der Waals surface area contributed by atoms with Gasteiger partial charge in [0.25, 0.3) is 0 Å². The number of aromatic nitrogens is 4. The normalized spacial score (nSPS) is 18.8. The number of likely N-dealkylation sites (tertiary alicyclic amines) is 2. The van der Waals surface area contributed by atoms with Crippen LogP contribution in [0.1, 0.15) is 90.5 Å². The molecule has 4 atom stereocenters. The molecule has 3 amide bonds. The summed E-state index contributed by atoms with van der Waals surface area (Å²) < 4.78 is 10.5. The highest BCUT2D eigenvalue weighted by molar-refractivity contribution is 5.92. The van der Waals surface area contributed by atoms with Crippen molar-refractivity contribution in [2.24, 2.45) is 5.92 Å². The van der Waals surface area contributed by atoms with Gasteiger partial charge in [-0.3, -0.25) is 9.69 Å². The van der Waals surface area contributed by atoms with Crippen molar-refractivity contribution in [3.05, 3.63) is 72.4 Å². The molecule has 5 aromatic rings. The Hall–Kier alpha value is -5.39. The highest BCUT2D eigenvalue weighted by atomic mass is 16.6. The topological polar surface area (TPSA) is 146 Å². The second kappa shape index (κ2) is 14.6. The molecular weight excluding hydrogens is 670 g/mol. The molecule has 3 aromatic carbocycles. The van der Waals surface area contributed by atoms with Gasteiger partial charge in [-0.15, -0.1) is 0 Å². The van der Waals surface area contributed by atoms with Crippen molar-refractivity contribution in [3.63, 3.8) is 0 Å². The van der Waals surface area contributed by atoms with Gasteiger partial charge in [0.05, 0.1) is 42.1 Å². The number of amides is 3. The predicted octanol–water partition coefficient (Wildman–Crippen LogP) is 8.28. The third kappa shape index (κ3) is 7.45. The summed E-state index contributed by atoms with van der Waals surface area (Å²) in [5.74, 6) is 1.37. The first-order valence-corrected chi connectivity index (χ1v) is 18.7. The number of aromatic amines is 2. The Morgan fingerprint density at radius 2 is 1.53 bits per heavy atom. The fraction of sp³-hybridized carbons (Fsp3) is 0.439. The van der Waals surface area contributed by atoms with Gasteiger partial charge in [-0.1, -0.05) is 50.6 Å². The van der Waals surface area contributed by atoms with E-state index in [9.17, 15) is 14.4 Å². The zero-order valence-electron chi connectivity index (χ0n) is 31.4. The summed E-state index contributed by atoms with van der Waals surface area (Å²) in [5, 5.41) is 4.98. The number of H-pyrrole nitrogens is 2. The summed E-state index contributed by atoms with van der Waals surface area (Å²) in [5.41, 5.74) is 5.25. The van der Waals surface area contributed by atoms with Crippen LogP contribution in [0.25, 0.3) is 44.2 Å². The van der Waals surface area contributed by atoms with E-state index in [-0.39, 0.29) is 30.0 Å². The van der Waals surface area contributed by atoms with E-state index >= 15 is 0 Å².